The summed E-state index contributed by atoms with van der Waals surface area (Å²) in [5, 5.41) is 2.76. The van der Waals surface area contributed by atoms with Crippen molar-refractivity contribution >= 4 is 17.3 Å². The summed E-state index contributed by atoms with van der Waals surface area (Å²) in [6, 6.07) is 9.48. The summed E-state index contributed by atoms with van der Waals surface area (Å²) >= 11 is 0. The van der Waals surface area contributed by atoms with Crippen LogP contribution >= 0.6 is 0 Å². The van der Waals surface area contributed by atoms with Crippen LogP contribution in [0.2, 0.25) is 0 Å². The van der Waals surface area contributed by atoms with Gasteiger partial charge in [-0.2, -0.15) is 0 Å². The molecule has 102 valence electrons. The molecule has 1 amide bonds. The Hall–Kier alpha value is -2.56. The molecule has 0 saturated heterocycles. The van der Waals surface area contributed by atoms with Gasteiger partial charge in [-0.05, 0) is 30.2 Å². The van der Waals surface area contributed by atoms with Gasteiger partial charge in [-0.15, -0.1) is 0 Å². The number of rotatable bonds is 2. The number of anilines is 2. The second kappa shape index (κ2) is 4.85. The number of ether oxygens (including phenoxy) is 1. The number of carbonyl (C=O) groups is 1. The Balaban J connectivity index is 1.96. The molecule has 0 radical (unpaired) electrons. The monoisotopic (exact) mass is 272 g/mol. The van der Waals surface area contributed by atoms with Gasteiger partial charge in [0.1, 0.15) is 0 Å². The average Bonchev–Trinajstić information content (AvgIpc) is 2.42. The van der Waals surface area contributed by atoms with Gasteiger partial charge in [0.15, 0.2) is 17.3 Å². The van der Waals surface area contributed by atoms with Crippen LogP contribution in [-0.2, 0) is 11.2 Å². The maximum Gasteiger partial charge on any atom is 0.224 e. The molecule has 0 saturated carbocycles. The van der Waals surface area contributed by atoms with E-state index in [1.54, 1.807) is 24.3 Å². The standard InChI is InChI=1S/C15H13FN2O2/c16-10-3-1-2-4-13(10)20-14-8-12-9(7-11(14)17)5-6-15(19)18-12/h1-4,7-8H,5-6,17H2,(H,18,19). The summed E-state index contributed by atoms with van der Waals surface area (Å²) in [7, 11) is 0. The number of hydrogen-bond acceptors (Lipinski definition) is 3. The van der Waals surface area contributed by atoms with E-state index in [2.05, 4.69) is 5.32 Å². The zero-order valence-corrected chi connectivity index (χ0v) is 10.7. The van der Waals surface area contributed by atoms with Gasteiger partial charge in [-0.25, -0.2) is 4.39 Å². The minimum atomic E-state index is -0.464. The number of nitrogens with one attached hydrogen (secondary N) is 1. The number of aryl methyl sites for hydroxylation is 1. The maximum absolute atomic E-state index is 13.6. The number of fused-ring (bicyclic) bond motifs is 1. The van der Waals surface area contributed by atoms with E-state index in [0.717, 1.165) is 5.56 Å². The Bertz CT molecular complexity index is 686. The fourth-order valence-electron chi connectivity index (χ4n) is 2.16. The van der Waals surface area contributed by atoms with Crippen molar-refractivity contribution < 1.29 is 13.9 Å². The molecule has 0 spiro atoms. The van der Waals surface area contributed by atoms with Crippen LogP contribution in [0.15, 0.2) is 36.4 Å². The molecular formula is C15H13FN2O2. The van der Waals surface area contributed by atoms with Crippen molar-refractivity contribution in [2.75, 3.05) is 11.1 Å². The number of nitrogens with two attached hydrogens (primary N) is 1. The van der Waals surface area contributed by atoms with Crippen molar-refractivity contribution in [3.63, 3.8) is 0 Å². The van der Waals surface area contributed by atoms with Crippen molar-refractivity contribution in [3.05, 3.63) is 47.8 Å². The van der Waals surface area contributed by atoms with Crippen LogP contribution < -0.4 is 15.8 Å². The van der Waals surface area contributed by atoms with E-state index >= 15 is 0 Å². The van der Waals surface area contributed by atoms with E-state index in [-0.39, 0.29) is 11.7 Å². The quantitative estimate of drug-likeness (QED) is 0.826. The summed E-state index contributed by atoms with van der Waals surface area (Å²) < 4.78 is 19.1. The Labute approximate surface area is 115 Å². The van der Waals surface area contributed by atoms with Gasteiger partial charge in [-0.3, -0.25) is 4.79 Å². The van der Waals surface area contributed by atoms with E-state index in [1.807, 2.05) is 0 Å². The molecule has 1 heterocycles. The summed E-state index contributed by atoms with van der Waals surface area (Å²) in [5.74, 6) is -0.0786. The van der Waals surface area contributed by atoms with Crippen LogP contribution in [0.25, 0.3) is 0 Å². The van der Waals surface area contributed by atoms with Crippen molar-refractivity contribution in [2.45, 2.75) is 12.8 Å². The lowest BCUT2D eigenvalue weighted by Crippen LogP contribution is -2.19. The molecule has 5 heteroatoms. The highest BCUT2D eigenvalue weighted by molar-refractivity contribution is 5.94. The Morgan fingerprint density at radius 1 is 1.15 bits per heavy atom. The van der Waals surface area contributed by atoms with Gasteiger partial charge in [0.25, 0.3) is 0 Å². The molecule has 3 rings (SSSR count). The normalized spacial score (nSPS) is 13.6. The molecule has 3 N–H and O–H groups in total. The minimum Gasteiger partial charge on any atom is -0.452 e. The number of benzene rings is 2. The topological polar surface area (TPSA) is 64.3 Å². The smallest absolute Gasteiger partial charge is 0.224 e. The van der Waals surface area contributed by atoms with Crippen molar-refractivity contribution in [1.29, 1.82) is 0 Å². The van der Waals surface area contributed by atoms with Crippen LogP contribution in [0.1, 0.15) is 12.0 Å². The second-order valence-corrected chi connectivity index (χ2v) is 4.63. The predicted molar refractivity (Wildman–Crippen MR) is 74.3 cm³/mol. The third kappa shape index (κ3) is 2.30. The van der Waals surface area contributed by atoms with Crippen LogP contribution in [-0.4, -0.2) is 5.91 Å². The zero-order chi connectivity index (χ0) is 14.1. The van der Waals surface area contributed by atoms with Crippen LogP contribution in [0, 0.1) is 5.82 Å². The predicted octanol–water partition coefficient (Wildman–Crippen LogP) is 3.08. The van der Waals surface area contributed by atoms with Crippen LogP contribution in [0.3, 0.4) is 0 Å². The molecule has 0 aromatic heterocycles. The second-order valence-electron chi connectivity index (χ2n) is 4.63. The van der Waals surface area contributed by atoms with Crippen LogP contribution in [0.5, 0.6) is 11.5 Å². The minimum absolute atomic E-state index is 0.0425. The summed E-state index contributed by atoms with van der Waals surface area (Å²) in [6.07, 6.45) is 1.09. The first kappa shape index (κ1) is 12.5. The molecule has 0 unspecified atom stereocenters. The van der Waals surface area contributed by atoms with Crippen molar-refractivity contribution in [1.82, 2.24) is 0 Å². The van der Waals surface area contributed by atoms with Gasteiger partial charge in [0.2, 0.25) is 5.91 Å². The highest BCUT2D eigenvalue weighted by Crippen LogP contribution is 2.35. The van der Waals surface area contributed by atoms with Crippen molar-refractivity contribution in [2.24, 2.45) is 0 Å². The highest BCUT2D eigenvalue weighted by Gasteiger charge is 2.18. The van der Waals surface area contributed by atoms with Crippen LogP contribution in [0.4, 0.5) is 15.8 Å². The average molecular weight is 272 g/mol. The third-order valence-electron chi connectivity index (χ3n) is 3.19. The van der Waals surface area contributed by atoms with E-state index in [0.29, 0.717) is 30.0 Å². The summed E-state index contributed by atoms with van der Waals surface area (Å²) in [5.41, 5.74) is 7.97. The van der Waals surface area contributed by atoms with Gasteiger partial charge < -0.3 is 15.8 Å². The first-order valence-electron chi connectivity index (χ1n) is 6.28. The summed E-state index contributed by atoms with van der Waals surface area (Å²) in [4.78, 5) is 11.4. The van der Waals surface area contributed by atoms with E-state index < -0.39 is 5.82 Å². The lowest BCUT2D eigenvalue weighted by atomic mass is 10.0. The molecule has 0 fully saturated rings. The molecule has 0 aliphatic carbocycles. The Morgan fingerprint density at radius 2 is 1.95 bits per heavy atom. The molecular weight excluding hydrogens is 259 g/mol. The van der Waals surface area contributed by atoms with E-state index in [9.17, 15) is 9.18 Å². The van der Waals surface area contributed by atoms with E-state index in [4.69, 9.17) is 10.5 Å². The fourth-order valence-corrected chi connectivity index (χ4v) is 2.16. The van der Waals surface area contributed by atoms with Gasteiger partial charge >= 0.3 is 0 Å². The number of carbonyl (C=O) groups excluding carboxylic acids is 1. The Kier molecular flexibility index (Phi) is 3.02. The lowest BCUT2D eigenvalue weighted by molar-refractivity contribution is -0.116. The van der Waals surface area contributed by atoms with Crippen molar-refractivity contribution in [3.8, 4) is 11.5 Å². The molecule has 0 bridgehead atoms. The highest BCUT2D eigenvalue weighted by atomic mass is 19.1. The maximum atomic E-state index is 13.6. The van der Waals surface area contributed by atoms with Gasteiger partial charge in [-0.1, -0.05) is 12.1 Å². The molecule has 2 aromatic rings. The molecule has 1 aliphatic heterocycles. The summed E-state index contributed by atoms with van der Waals surface area (Å²) in [6.45, 7) is 0. The van der Waals surface area contributed by atoms with Gasteiger partial charge in [0.05, 0.1) is 5.69 Å². The largest absolute Gasteiger partial charge is 0.452 e. The molecule has 20 heavy (non-hydrogen) atoms. The zero-order valence-electron chi connectivity index (χ0n) is 10.7. The number of nitrogen functional groups attached to an aromatic ring is 1. The Morgan fingerprint density at radius 3 is 2.75 bits per heavy atom. The number of para-hydroxylation sites is 1. The molecule has 1 aliphatic rings. The fraction of sp³-hybridized carbons (Fsp3) is 0.133. The van der Waals surface area contributed by atoms with Gasteiger partial charge in [0, 0.05) is 18.2 Å². The first-order chi connectivity index (χ1) is 9.63. The SMILES string of the molecule is Nc1cc2c(cc1Oc1ccccc1F)NC(=O)CC2. The molecule has 0 atom stereocenters. The molecule has 2 aromatic carbocycles. The number of amides is 1. The lowest BCUT2D eigenvalue weighted by Gasteiger charge is -2.19. The molecule has 4 nitrogen and oxygen atoms in total. The first-order valence-corrected chi connectivity index (χ1v) is 6.28. The number of halogens is 1. The third-order valence-corrected chi connectivity index (χ3v) is 3.19. The van der Waals surface area contributed by atoms with E-state index in [1.165, 1.54) is 12.1 Å². The number of hydrogen-bond donors (Lipinski definition) is 2.